The van der Waals surface area contributed by atoms with Crippen LogP contribution >= 0.6 is 0 Å². The van der Waals surface area contributed by atoms with Crippen LogP contribution in [0.2, 0.25) is 0 Å². The largest absolute Gasteiger partial charge is 0.464 e. The standard InChI is InChI=1S/C11H19N3O4/c1-3-18-11(17)9(5-4-8(15)6-12)14-10(16)7(2)13/h6-7,9,12H,3-5,13H2,1-2H3,(H,14,16). The Morgan fingerprint density at radius 3 is 2.50 bits per heavy atom. The maximum Gasteiger partial charge on any atom is 0.328 e. The minimum atomic E-state index is -0.910. The zero-order valence-electron chi connectivity index (χ0n) is 10.6. The second-order valence-corrected chi connectivity index (χ2v) is 3.75. The van der Waals surface area contributed by atoms with Crippen LogP contribution in [0.3, 0.4) is 0 Å². The van der Waals surface area contributed by atoms with Gasteiger partial charge in [0.1, 0.15) is 6.04 Å². The van der Waals surface area contributed by atoms with E-state index in [-0.39, 0.29) is 19.4 Å². The fraction of sp³-hybridized carbons (Fsp3) is 0.636. The molecule has 0 saturated heterocycles. The van der Waals surface area contributed by atoms with Crippen molar-refractivity contribution in [2.75, 3.05) is 6.61 Å². The summed E-state index contributed by atoms with van der Waals surface area (Å²) in [6, 6.07) is -1.66. The lowest BCUT2D eigenvalue weighted by molar-refractivity contribution is -0.147. The smallest absolute Gasteiger partial charge is 0.328 e. The summed E-state index contributed by atoms with van der Waals surface area (Å²) < 4.78 is 4.79. The van der Waals surface area contributed by atoms with Gasteiger partial charge < -0.3 is 21.2 Å². The number of nitrogens with one attached hydrogen (secondary N) is 2. The Morgan fingerprint density at radius 2 is 2.06 bits per heavy atom. The van der Waals surface area contributed by atoms with Crippen LogP contribution in [0.1, 0.15) is 26.7 Å². The van der Waals surface area contributed by atoms with Crippen LogP contribution in [0.4, 0.5) is 0 Å². The molecule has 7 nitrogen and oxygen atoms in total. The zero-order chi connectivity index (χ0) is 14.1. The predicted octanol–water partition coefficient (Wildman–Crippen LogP) is -0.620. The summed E-state index contributed by atoms with van der Waals surface area (Å²) in [4.78, 5) is 33.9. The molecule has 102 valence electrons. The highest BCUT2D eigenvalue weighted by atomic mass is 16.5. The topological polar surface area (TPSA) is 122 Å². The van der Waals surface area contributed by atoms with Crippen molar-refractivity contribution in [1.29, 1.82) is 5.41 Å². The van der Waals surface area contributed by atoms with E-state index < -0.39 is 29.7 Å². The molecule has 0 aromatic heterocycles. The first-order valence-electron chi connectivity index (χ1n) is 5.68. The molecule has 0 spiro atoms. The molecule has 1 amide bonds. The number of nitrogens with two attached hydrogens (primary N) is 1. The minimum absolute atomic E-state index is 0.00772. The van der Waals surface area contributed by atoms with Crippen LogP contribution in [0.5, 0.6) is 0 Å². The number of hydrogen-bond acceptors (Lipinski definition) is 6. The lowest BCUT2D eigenvalue weighted by Crippen LogP contribution is -2.48. The summed E-state index contributed by atoms with van der Waals surface area (Å²) in [6.07, 6.45) is 0.757. The molecule has 0 heterocycles. The van der Waals surface area contributed by atoms with E-state index in [0.717, 1.165) is 0 Å². The number of carbonyl (C=O) groups excluding carboxylic acids is 3. The first-order chi connectivity index (χ1) is 8.42. The van der Waals surface area contributed by atoms with Crippen LogP contribution in [0.25, 0.3) is 0 Å². The molecule has 4 N–H and O–H groups in total. The highest BCUT2D eigenvalue weighted by molar-refractivity contribution is 6.26. The maximum atomic E-state index is 11.6. The molecular formula is C11H19N3O4. The maximum absolute atomic E-state index is 11.6. The fourth-order valence-corrected chi connectivity index (χ4v) is 1.15. The lowest BCUT2D eigenvalue weighted by Gasteiger charge is -2.17. The van der Waals surface area contributed by atoms with Crippen LogP contribution in [0.15, 0.2) is 0 Å². The Hall–Kier alpha value is -1.76. The second-order valence-electron chi connectivity index (χ2n) is 3.75. The van der Waals surface area contributed by atoms with Gasteiger partial charge in [0.25, 0.3) is 0 Å². The summed E-state index contributed by atoms with van der Waals surface area (Å²) in [5.74, 6) is -1.51. The third kappa shape index (κ3) is 6.09. The summed E-state index contributed by atoms with van der Waals surface area (Å²) >= 11 is 0. The van der Waals surface area contributed by atoms with Crippen molar-refractivity contribution in [3.8, 4) is 0 Å². The van der Waals surface area contributed by atoms with Gasteiger partial charge >= 0.3 is 5.97 Å². The van der Waals surface area contributed by atoms with Gasteiger partial charge in [0.15, 0.2) is 5.78 Å². The Labute approximate surface area is 106 Å². The van der Waals surface area contributed by atoms with Gasteiger partial charge in [0, 0.05) is 6.42 Å². The van der Waals surface area contributed by atoms with Crippen molar-refractivity contribution in [3.05, 3.63) is 0 Å². The number of esters is 1. The van der Waals surface area contributed by atoms with E-state index >= 15 is 0 Å². The molecule has 7 heteroatoms. The summed E-state index contributed by atoms with van der Waals surface area (Å²) in [7, 11) is 0. The molecule has 0 bridgehead atoms. The second kappa shape index (κ2) is 8.35. The molecule has 0 aliphatic carbocycles. The minimum Gasteiger partial charge on any atom is -0.464 e. The van der Waals surface area contributed by atoms with Crippen molar-refractivity contribution in [2.24, 2.45) is 5.73 Å². The zero-order valence-corrected chi connectivity index (χ0v) is 10.6. The van der Waals surface area contributed by atoms with Gasteiger partial charge in [-0.05, 0) is 20.3 Å². The van der Waals surface area contributed by atoms with E-state index in [1.165, 1.54) is 6.92 Å². The monoisotopic (exact) mass is 257 g/mol. The van der Waals surface area contributed by atoms with E-state index in [1.807, 2.05) is 0 Å². The molecule has 0 aromatic carbocycles. The molecule has 0 saturated carbocycles. The molecule has 0 radical (unpaired) electrons. The number of amides is 1. The molecule has 0 aliphatic rings. The molecular weight excluding hydrogens is 238 g/mol. The van der Waals surface area contributed by atoms with Gasteiger partial charge in [-0.15, -0.1) is 0 Å². The van der Waals surface area contributed by atoms with E-state index in [2.05, 4.69) is 5.32 Å². The Morgan fingerprint density at radius 1 is 1.44 bits per heavy atom. The SMILES string of the molecule is CCOC(=O)C(CCC(=O)C=N)NC(=O)C(C)N. The van der Waals surface area contributed by atoms with Crippen molar-refractivity contribution in [3.63, 3.8) is 0 Å². The van der Waals surface area contributed by atoms with Crippen molar-refractivity contribution in [2.45, 2.75) is 38.8 Å². The summed E-state index contributed by atoms with van der Waals surface area (Å²) in [5.41, 5.74) is 5.37. The molecule has 2 atom stereocenters. The average molecular weight is 257 g/mol. The molecule has 0 rings (SSSR count). The van der Waals surface area contributed by atoms with E-state index in [1.54, 1.807) is 6.92 Å². The van der Waals surface area contributed by atoms with Crippen LogP contribution < -0.4 is 11.1 Å². The van der Waals surface area contributed by atoms with E-state index in [9.17, 15) is 14.4 Å². The third-order valence-corrected chi connectivity index (χ3v) is 2.14. The molecule has 0 aromatic rings. The number of hydrogen-bond donors (Lipinski definition) is 3. The number of ether oxygens (including phenoxy) is 1. The highest BCUT2D eigenvalue weighted by Gasteiger charge is 2.23. The highest BCUT2D eigenvalue weighted by Crippen LogP contribution is 2.01. The molecule has 0 fully saturated rings. The quantitative estimate of drug-likeness (QED) is 0.395. The van der Waals surface area contributed by atoms with E-state index in [0.29, 0.717) is 6.21 Å². The van der Waals surface area contributed by atoms with Crippen molar-refractivity contribution < 1.29 is 19.1 Å². The average Bonchev–Trinajstić information content (AvgIpc) is 2.33. The fourth-order valence-electron chi connectivity index (χ4n) is 1.15. The Balaban J connectivity index is 4.51. The van der Waals surface area contributed by atoms with Gasteiger partial charge in [-0.2, -0.15) is 0 Å². The number of Topliss-reactive ketones (excluding diaryl/α,β-unsaturated/α-hetero) is 1. The molecule has 2 unspecified atom stereocenters. The molecule has 18 heavy (non-hydrogen) atoms. The lowest BCUT2D eigenvalue weighted by atomic mass is 10.1. The Kier molecular flexibility index (Phi) is 7.53. The van der Waals surface area contributed by atoms with Crippen LogP contribution in [-0.4, -0.2) is 42.6 Å². The van der Waals surface area contributed by atoms with Crippen molar-refractivity contribution >= 4 is 23.9 Å². The first kappa shape index (κ1) is 16.2. The van der Waals surface area contributed by atoms with Crippen molar-refractivity contribution in [1.82, 2.24) is 5.32 Å². The summed E-state index contributed by atoms with van der Waals surface area (Å²) in [6.45, 7) is 3.31. The van der Waals surface area contributed by atoms with Crippen LogP contribution in [-0.2, 0) is 19.1 Å². The van der Waals surface area contributed by atoms with Gasteiger partial charge in [0.05, 0.1) is 18.9 Å². The Bertz CT molecular complexity index is 328. The summed E-state index contributed by atoms with van der Waals surface area (Å²) in [5, 5.41) is 9.17. The number of ketones is 1. The van der Waals surface area contributed by atoms with Gasteiger partial charge in [-0.1, -0.05) is 0 Å². The van der Waals surface area contributed by atoms with Gasteiger partial charge in [-0.3, -0.25) is 9.59 Å². The number of rotatable bonds is 8. The molecule has 0 aliphatic heterocycles. The van der Waals surface area contributed by atoms with Gasteiger partial charge in [-0.25, -0.2) is 4.79 Å². The normalized spacial score (nSPS) is 13.3. The van der Waals surface area contributed by atoms with E-state index in [4.69, 9.17) is 15.9 Å². The number of carbonyl (C=O) groups is 3. The van der Waals surface area contributed by atoms with Gasteiger partial charge in [0.2, 0.25) is 5.91 Å². The third-order valence-electron chi connectivity index (χ3n) is 2.14. The van der Waals surface area contributed by atoms with Crippen LogP contribution in [0, 0.1) is 5.41 Å². The predicted molar refractivity (Wildman–Crippen MR) is 65.2 cm³/mol. The first-order valence-corrected chi connectivity index (χ1v) is 5.68.